The number of anilines is 1. The smallest absolute Gasteiger partial charge is 0.416 e. The fraction of sp³-hybridized carbons (Fsp3) is 0.650. The number of carbonyl (C=O) groups excluding carboxylic acids is 1. The van der Waals surface area contributed by atoms with Gasteiger partial charge in [-0.25, -0.2) is 0 Å². The van der Waals surface area contributed by atoms with E-state index in [4.69, 9.17) is 14.2 Å². The Balaban J connectivity index is 1.14. The number of ether oxygens (including phenoxy) is 3. The molecule has 0 bridgehead atoms. The lowest BCUT2D eigenvalue weighted by Crippen LogP contribution is -2.43. The fourth-order valence-corrected chi connectivity index (χ4v) is 9.91. The standard InChI is InChI=1S/C40H52F3N3O6/c1-50-25-28-21-46(23-34(28)32-9-6-29(40(41,42)43)20-36(32)44-17-12-27(13-18-44)38(48)49)37(47)35-24-45(22-33(35)26-4-7-31(51-2)8-5-26)30-10-15-39(16-11-30)14-3-19-52-39/h4-9,20,27-28,30,33-35H,3,10-19,21-25H2,1-2H3,(H,48,49)/t28-,30-,33+,34+,35-,39-/m1/s1. The summed E-state index contributed by atoms with van der Waals surface area (Å²) in [5.41, 5.74) is 1.63. The lowest BCUT2D eigenvalue weighted by atomic mass is 9.80. The molecule has 5 aliphatic rings. The molecule has 0 unspecified atom stereocenters. The first-order chi connectivity index (χ1) is 25.0. The average Bonchev–Trinajstić information content (AvgIpc) is 3.91. The number of carboxylic acids is 1. The van der Waals surface area contributed by atoms with Crippen LogP contribution < -0.4 is 9.64 Å². The number of amides is 1. The molecular weight excluding hydrogens is 675 g/mol. The minimum Gasteiger partial charge on any atom is -0.497 e. The molecule has 2 aromatic rings. The van der Waals surface area contributed by atoms with Crippen molar-refractivity contribution in [2.24, 2.45) is 17.8 Å². The van der Waals surface area contributed by atoms with Crippen molar-refractivity contribution in [2.45, 2.75) is 81.0 Å². The van der Waals surface area contributed by atoms with Gasteiger partial charge in [0, 0.05) is 82.5 Å². The molecule has 52 heavy (non-hydrogen) atoms. The summed E-state index contributed by atoms with van der Waals surface area (Å²) in [6.07, 6.45) is 2.67. The van der Waals surface area contributed by atoms with Gasteiger partial charge in [-0.2, -0.15) is 13.2 Å². The van der Waals surface area contributed by atoms with Gasteiger partial charge in [-0.3, -0.25) is 14.5 Å². The number of rotatable bonds is 9. The normalized spacial score (nSPS) is 30.4. The Hall–Kier alpha value is -3.35. The Bertz CT molecular complexity index is 1560. The third kappa shape index (κ3) is 7.53. The Morgan fingerprint density at radius 2 is 1.65 bits per heavy atom. The second kappa shape index (κ2) is 15.2. The highest BCUT2D eigenvalue weighted by Crippen LogP contribution is 2.46. The van der Waals surface area contributed by atoms with E-state index in [0.717, 1.165) is 74.6 Å². The predicted octanol–water partition coefficient (Wildman–Crippen LogP) is 6.41. The molecule has 5 fully saturated rings. The summed E-state index contributed by atoms with van der Waals surface area (Å²) in [4.78, 5) is 32.8. The molecule has 4 aliphatic heterocycles. The zero-order chi connectivity index (χ0) is 36.6. The van der Waals surface area contributed by atoms with E-state index in [1.165, 1.54) is 6.07 Å². The number of benzene rings is 2. The molecule has 284 valence electrons. The Morgan fingerprint density at radius 1 is 0.923 bits per heavy atom. The van der Waals surface area contributed by atoms with E-state index < -0.39 is 23.6 Å². The van der Waals surface area contributed by atoms with Crippen LogP contribution in [0.25, 0.3) is 0 Å². The van der Waals surface area contributed by atoms with Gasteiger partial charge in [-0.05, 0) is 86.8 Å². The summed E-state index contributed by atoms with van der Waals surface area (Å²) in [5, 5.41) is 9.55. The van der Waals surface area contributed by atoms with E-state index >= 15 is 0 Å². The highest BCUT2D eigenvalue weighted by Gasteiger charge is 2.48. The largest absolute Gasteiger partial charge is 0.497 e. The molecule has 7 rings (SSSR count). The molecule has 4 atom stereocenters. The number of alkyl halides is 3. The SMILES string of the molecule is COC[C@H]1CN(C(=O)[C@@H]2CN([C@H]3CC[C@@]4(CCCO4)CC3)C[C@H]2c2ccc(OC)cc2)C[C@@H]1c1ccc(C(F)(F)F)cc1N1CCC(C(=O)O)CC1. The number of aliphatic carboxylic acids is 1. The van der Waals surface area contributed by atoms with E-state index in [-0.39, 0.29) is 35.2 Å². The molecule has 1 N–H and O–H groups in total. The second-order valence-electron chi connectivity index (χ2n) is 15.7. The second-order valence-corrected chi connectivity index (χ2v) is 15.7. The molecule has 9 nitrogen and oxygen atoms in total. The summed E-state index contributed by atoms with van der Waals surface area (Å²) in [6, 6.07) is 12.3. The molecule has 1 amide bonds. The maximum absolute atomic E-state index is 14.8. The van der Waals surface area contributed by atoms with Gasteiger partial charge < -0.3 is 29.1 Å². The Labute approximate surface area is 304 Å². The van der Waals surface area contributed by atoms with Crippen molar-refractivity contribution in [3.05, 3.63) is 59.2 Å². The van der Waals surface area contributed by atoms with Crippen LogP contribution in [-0.2, 0) is 25.2 Å². The van der Waals surface area contributed by atoms with Crippen LogP contribution in [0.5, 0.6) is 5.75 Å². The van der Waals surface area contributed by atoms with Gasteiger partial charge in [0.1, 0.15) is 5.75 Å². The molecule has 1 spiro atoms. The third-order valence-corrected chi connectivity index (χ3v) is 12.9. The number of likely N-dealkylation sites (tertiary alicyclic amines) is 2. The van der Waals surface area contributed by atoms with E-state index in [1.807, 2.05) is 21.9 Å². The summed E-state index contributed by atoms with van der Waals surface area (Å²) < 4.78 is 59.4. The molecule has 12 heteroatoms. The van der Waals surface area contributed by atoms with Gasteiger partial charge >= 0.3 is 12.1 Å². The van der Waals surface area contributed by atoms with Crippen LogP contribution in [0.2, 0.25) is 0 Å². The van der Waals surface area contributed by atoms with Crippen molar-refractivity contribution in [1.82, 2.24) is 9.80 Å². The van der Waals surface area contributed by atoms with Gasteiger partial charge in [0.05, 0.1) is 36.7 Å². The van der Waals surface area contributed by atoms with Crippen LogP contribution in [0.15, 0.2) is 42.5 Å². The number of methoxy groups -OCH3 is 2. The van der Waals surface area contributed by atoms with Gasteiger partial charge in [0.25, 0.3) is 0 Å². The molecule has 4 saturated heterocycles. The van der Waals surface area contributed by atoms with E-state index in [0.29, 0.717) is 63.9 Å². The van der Waals surface area contributed by atoms with Crippen LogP contribution in [-0.4, -0.2) is 105 Å². The summed E-state index contributed by atoms with van der Waals surface area (Å²) in [7, 11) is 3.26. The minimum absolute atomic E-state index is 0.00545. The maximum atomic E-state index is 14.8. The summed E-state index contributed by atoms with van der Waals surface area (Å²) in [5.74, 6) is -1.17. The van der Waals surface area contributed by atoms with Crippen LogP contribution >= 0.6 is 0 Å². The highest BCUT2D eigenvalue weighted by atomic mass is 19.4. The average molecular weight is 728 g/mol. The maximum Gasteiger partial charge on any atom is 0.416 e. The predicted molar refractivity (Wildman–Crippen MR) is 190 cm³/mol. The topological polar surface area (TPSA) is 91.8 Å². The van der Waals surface area contributed by atoms with Gasteiger partial charge in [0.2, 0.25) is 5.91 Å². The molecule has 1 aliphatic carbocycles. The van der Waals surface area contributed by atoms with Crippen molar-refractivity contribution in [1.29, 1.82) is 0 Å². The van der Waals surface area contributed by atoms with Gasteiger partial charge in [0.15, 0.2) is 0 Å². The van der Waals surface area contributed by atoms with Crippen LogP contribution in [0.3, 0.4) is 0 Å². The monoisotopic (exact) mass is 727 g/mol. The number of piperidine rings is 1. The Morgan fingerprint density at radius 3 is 2.27 bits per heavy atom. The molecule has 4 heterocycles. The number of carbonyl (C=O) groups is 2. The summed E-state index contributed by atoms with van der Waals surface area (Å²) >= 11 is 0. The quantitative estimate of drug-likeness (QED) is 0.317. The van der Waals surface area contributed by atoms with Gasteiger partial charge in [-0.15, -0.1) is 0 Å². The highest BCUT2D eigenvalue weighted by molar-refractivity contribution is 5.81. The van der Waals surface area contributed by atoms with E-state index in [9.17, 15) is 27.9 Å². The molecule has 0 radical (unpaired) electrons. The first kappa shape index (κ1) is 37.0. The molecular formula is C40H52F3N3O6. The molecule has 0 aromatic heterocycles. The summed E-state index contributed by atoms with van der Waals surface area (Å²) in [6.45, 7) is 4.20. The number of hydrogen-bond acceptors (Lipinski definition) is 7. The lowest BCUT2D eigenvalue weighted by molar-refractivity contribution is -0.142. The minimum atomic E-state index is -4.52. The Kier molecular flexibility index (Phi) is 10.8. The van der Waals surface area contributed by atoms with Crippen molar-refractivity contribution in [2.75, 3.05) is 71.6 Å². The van der Waals surface area contributed by atoms with Crippen LogP contribution in [0.4, 0.5) is 18.9 Å². The molecule has 2 aromatic carbocycles. The zero-order valence-corrected chi connectivity index (χ0v) is 30.3. The van der Waals surface area contributed by atoms with Crippen molar-refractivity contribution >= 4 is 17.6 Å². The number of halogens is 3. The number of hydrogen-bond donors (Lipinski definition) is 1. The van der Waals surface area contributed by atoms with Crippen LogP contribution in [0, 0.1) is 17.8 Å². The van der Waals surface area contributed by atoms with Crippen molar-refractivity contribution in [3.8, 4) is 5.75 Å². The lowest BCUT2D eigenvalue weighted by Gasteiger charge is -2.40. The van der Waals surface area contributed by atoms with Crippen molar-refractivity contribution in [3.63, 3.8) is 0 Å². The fourth-order valence-electron chi connectivity index (χ4n) is 9.91. The van der Waals surface area contributed by atoms with E-state index in [2.05, 4.69) is 17.0 Å². The molecule has 1 saturated carbocycles. The van der Waals surface area contributed by atoms with Crippen LogP contribution in [0.1, 0.15) is 79.9 Å². The number of nitrogens with zero attached hydrogens (tertiary/aromatic N) is 3. The zero-order valence-electron chi connectivity index (χ0n) is 30.3. The number of carboxylic acid groups (broad SMARTS) is 1. The van der Waals surface area contributed by atoms with Crippen molar-refractivity contribution < 1.29 is 42.1 Å². The van der Waals surface area contributed by atoms with E-state index in [1.54, 1.807) is 20.3 Å². The van der Waals surface area contributed by atoms with Gasteiger partial charge in [-0.1, -0.05) is 18.2 Å². The first-order valence-electron chi connectivity index (χ1n) is 19.0. The third-order valence-electron chi connectivity index (χ3n) is 12.9. The first-order valence-corrected chi connectivity index (χ1v) is 19.0.